The molecule has 0 saturated heterocycles. The Morgan fingerprint density at radius 1 is 1.00 bits per heavy atom. The monoisotopic (exact) mass is 351 g/mol. The summed E-state index contributed by atoms with van der Waals surface area (Å²) in [7, 11) is 0. The predicted octanol–water partition coefficient (Wildman–Crippen LogP) is 3.25. The van der Waals surface area contributed by atoms with Gasteiger partial charge in [-0.2, -0.15) is 0 Å². The first-order chi connectivity index (χ1) is 12.6. The lowest BCUT2D eigenvalue weighted by molar-refractivity contribution is -0.118. The predicted molar refractivity (Wildman–Crippen MR) is 96.2 cm³/mol. The molecule has 0 fully saturated rings. The van der Waals surface area contributed by atoms with Crippen LogP contribution in [0.2, 0.25) is 0 Å². The van der Waals surface area contributed by atoms with Crippen LogP contribution in [0, 0.1) is 6.92 Å². The van der Waals surface area contributed by atoms with Crippen LogP contribution < -0.4 is 15.4 Å². The third-order valence-corrected chi connectivity index (χ3v) is 3.37. The highest BCUT2D eigenvalue weighted by Crippen LogP contribution is 2.16. The molecular weight excluding hydrogens is 334 g/mol. The highest BCUT2D eigenvalue weighted by Gasteiger charge is 2.12. The van der Waals surface area contributed by atoms with Crippen molar-refractivity contribution in [1.82, 2.24) is 5.16 Å². The van der Waals surface area contributed by atoms with Crippen molar-refractivity contribution in [1.29, 1.82) is 0 Å². The summed E-state index contributed by atoms with van der Waals surface area (Å²) in [6.07, 6.45) is 0. The van der Waals surface area contributed by atoms with Gasteiger partial charge < -0.3 is 19.9 Å². The molecule has 0 atom stereocenters. The number of nitrogens with one attached hydrogen (secondary N) is 2. The number of hydrogen-bond donors (Lipinski definition) is 2. The Morgan fingerprint density at radius 3 is 2.42 bits per heavy atom. The third kappa shape index (κ3) is 4.70. The Balaban J connectivity index is 1.56. The molecule has 1 aromatic heterocycles. The van der Waals surface area contributed by atoms with E-state index in [-0.39, 0.29) is 18.3 Å². The van der Waals surface area contributed by atoms with Crippen LogP contribution in [0.4, 0.5) is 11.4 Å². The minimum Gasteiger partial charge on any atom is -0.484 e. The third-order valence-electron chi connectivity index (χ3n) is 3.37. The lowest BCUT2D eigenvalue weighted by Crippen LogP contribution is -2.20. The second-order valence-corrected chi connectivity index (χ2v) is 5.52. The molecule has 0 saturated carbocycles. The molecule has 0 aliphatic heterocycles. The summed E-state index contributed by atoms with van der Waals surface area (Å²) in [4.78, 5) is 24.1. The van der Waals surface area contributed by atoms with Crippen molar-refractivity contribution in [2.75, 3.05) is 17.2 Å². The largest absolute Gasteiger partial charge is 0.484 e. The number of nitrogens with zero attached hydrogens (tertiary/aromatic N) is 1. The van der Waals surface area contributed by atoms with E-state index in [1.165, 1.54) is 0 Å². The smallest absolute Gasteiger partial charge is 0.294 e. The fourth-order valence-corrected chi connectivity index (χ4v) is 2.20. The van der Waals surface area contributed by atoms with Gasteiger partial charge in [-0.15, -0.1) is 0 Å². The van der Waals surface area contributed by atoms with Gasteiger partial charge in [0.2, 0.25) is 5.76 Å². The highest BCUT2D eigenvalue weighted by atomic mass is 16.5. The summed E-state index contributed by atoms with van der Waals surface area (Å²) in [5.41, 5.74) is 1.68. The van der Waals surface area contributed by atoms with Crippen LogP contribution in [0.15, 0.2) is 65.2 Å². The number of rotatable bonds is 6. The molecular formula is C19H17N3O4. The lowest BCUT2D eigenvalue weighted by Gasteiger charge is -2.09. The first-order valence-corrected chi connectivity index (χ1v) is 7.92. The molecule has 132 valence electrons. The van der Waals surface area contributed by atoms with Crippen molar-refractivity contribution in [2.45, 2.75) is 6.92 Å². The topological polar surface area (TPSA) is 93.5 Å². The molecule has 2 aromatic carbocycles. The van der Waals surface area contributed by atoms with E-state index in [0.717, 1.165) is 0 Å². The normalized spacial score (nSPS) is 10.2. The maximum atomic E-state index is 12.1. The van der Waals surface area contributed by atoms with Gasteiger partial charge in [-0.05, 0) is 37.3 Å². The Labute approximate surface area is 150 Å². The van der Waals surface area contributed by atoms with Crippen LogP contribution in [0.5, 0.6) is 5.75 Å². The van der Waals surface area contributed by atoms with Gasteiger partial charge in [-0.1, -0.05) is 29.4 Å². The maximum Gasteiger partial charge on any atom is 0.294 e. The van der Waals surface area contributed by atoms with E-state index in [1.807, 2.05) is 18.2 Å². The summed E-state index contributed by atoms with van der Waals surface area (Å²) >= 11 is 0. The fraction of sp³-hybridized carbons (Fsp3) is 0.105. The van der Waals surface area contributed by atoms with Crippen LogP contribution in [0.25, 0.3) is 0 Å². The van der Waals surface area contributed by atoms with E-state index >= 15 is 0 Å². The molecule has 3 rings (SSSR count). The number of carbonyl (C=O) groups is 2. The number of anilines is 2. The van der Waals surface area contributed by atoms with Crippen molar-refractivity contribution in [3.63, 3.8) is 0 Å². The first kappa shape index (κ1) is 17.2. The number of para-hydroxylation sites is 1. The van der Waals surface area contributed by atoms with E-state index < -0.39 is 5.91 Å². The number of aryl methyl sites for hydroxylation is 1. The average molecular weight is 351 g/mol. The molecule has 2 amide bonds. The molecule has 0 aliphatic carbocycles. The molecule has 0 spiro atoms. The van der Waals surface area contributed by atoms with Crippen LogP contribution in [0.1, 0.15) is 16.2 Å². The molecule has 0 unspecified atom stereocenters. The van der Waals surface area contributed by atoms with Gasteiger partial charge in [0.1, 0.15) is 5.75 Å². The summed E-state index contributed by atoms with van der Waals surface area (Å²) in [5, 5.41) is 9.08. The molecule has 0 aliphatic rings. The quantitative estimate of drug-likeness (QED) is 0.711. The Morgan fingerprint density at radius 2 is 1.73 bits per heavy atom. The number of aromatic nitrogens is 1. The summed E-state index contributed by atoms with van der Waals surface area (Å²) in [6, 6.07) is 17.4. The molecule has 0 bridgehead atoms. The van der Waals surface area contributed by atoms with Crippen molar-refractivity contribution in [2.24, 2.45) is 0 Å². The molecule has 7 nitrogen and oxygen atoms in total. The van der Waals surface area contributed by atoms with Gasteiger partial charge in [0.15, 0.2) is 6.61 Å². The Kier molecular flexibility index (Phi) is 5.28. The molecule has 3 aromatic rings. The van der Waals surface area contributed by atoms with Crippen molar-refractivity contribution in [3.8, 4) is 5.75 Å². The molecule has 26 heavy (non-hydrogen) atoms. The lowest BCUT2D eigenvalue weighted by atomic mass is 10.2. The molecule has 0 radical (unpaired) electrons. The SMILES string of the molecule is Cc1cc(C(=O)Nc2cccc(NC(=O)COc3ccccc3)c2)on1. The van der Waals surface area contributed by atoms with E-state index in [0.29, 0.717) is 22.8 Å². The minimum absolute atomic E-state index is 0.113. The van der Waals surface area contributed by atoms with Gasteiger partial charge in [-0.25, -0.2) is 0 Å². The van der Waals surface area contributed by atoms with E-state index in [9.17, 15) is 9.59 Å². The zero-order chi connectivity index (χ0) is 18.4. The molecule has 2 N–H and O–H groups in total. The van der Waals surface area contributed by atoms with Gasteiger partial charge >= 0.3 is 0 Å². The number of carbonyl (C=O) groups excluding carboxylic acids is 2. The molecule has 1 heterocycles. The summed E-state index contributed by atoms with van der Waals surface area (Å²) in [5.74, 6) is 0.0175. The Hall–Kier alpha value is -3.61. The standard InChI is InChI=1S/C19H17N3O4/c1-13-10-17(26-22-13)19(24)21-15-7-5-6-14(11-15)20-18(23)12-25-16-8-3-2-4-9-16/h2-11H,12H2,1H3,(H,20,23)(H,21,24). The van der Waals surface area contributed by atoms with Crippen molar-refractivity contribution >= 4 is 23.2 Å². The zero-order valence-electron chi connectivity index (χ0n) is 14.1. The van der Waals surface area contributed by atoms with Crippen LogP contribution in [-0.4, -0.2) is 23.6 Å². The Bertz CT molecular complexity index is 906. The average Bonchev–Trinajstić information content (AvgIpc) is 3.08. The minimum atomic E-state index is -0.415. The summed E-state index contributed by atoms with van der Waals surface area (Å²) in [6.45, 7) is 1.62. The van der Waals surface area contributed by atoms with Gasteiger partial charge in [-0.3, -0.25) is 9.59 Å². The first-order valence-electron chi connectivity index (χ1n) is 7.92. The van der Waals surface area contributed by atoms with Crippen LogP contribution >= 0.6 is 0 Å². The zero-order valence-corrected chi connectivity index (χ0v) is 14.1. The van der Waals surface area contributed by atoms with E-state index in [4.69, 9.17) is 9.26 Å². The highest BCUT2D eigenvalue weighted by molar-refractivity contribution is 6.02. The second-order valence-electron chi connectivity index (χ2n) is 5.52. The van der Waals surface area contributed by atoms with Gasteiger partial charge in [0.05, 0.1) is 5.69 Å². The number of ether oxygens (including phenoxy) is 1. The summed E-state index contributed by atoms with van der Waals surface area (Å²) < 4.78 is 10.3. The van der Waals surface area contributed by atoms with Crippen LogP contribution in [-0.2, 0) is 4.79 Å². The van der Waals surface area contributed by atoms with Crippen molar-refractivity contribution in [3.05, 3.63) is 72.1 Å². The number of benzene rings is 2. The van der Waals surface area contributed by atoms with Gasteiger partial charge in [0.25, 0.3) is 11.8 Å². The van der Waals surface area contributed by atoms with Crippen LogP contribution in [0.3, 0.4) is 0 Å². The van der Waals surface area contributed by atoms with Gasteiger partial charge in [0, 0.05) is 17.4 Å². The molecule has 7 heteroatoms. The number of amides is 2. The maximum absolute atomic E-state index is 12.1. The second kappa shape index (κ2) is 7.98. The van der Waals surface area contributed by atoms with Crippen molar-refractivity contribution < 1.29 is 18.8 Å². The number of hydrogen-bond acceptors (Lipinski definition) is 5. The van der Waals surface area contributed by atoms with E-state index in [1.54, 1.807) is 49.4 Å². The van der Waals surface area contributed by atoms with E-state index in [2.05, 4.69) is 15.8 Å². The fourth-order valence-electron chi connectivity index (χ4n) is 2.20.